The summed E-state index contributed by atoms with van der Waals surface area (Å²) in [6.45, 7) is 4.78. The van der Waals surface area contributed by atoms with Gasteiger partial charge in [-0.15, -0.1) is 0 Å². The van der Waals surface area contributed by atoms with Crippen LogP contribution in [-0.2, 0) is 9.59 Å². The summed E-state index contributed by atoms with van der Waals surface area (Å²) in [5, 5.41) is 0. The fourth-order valence-electron chi connectivity index (χ4n) is 0.890. The summed E-state index contributed by atoms with van der Waals surface area (Å²) in [4.78, 5) is 21.7. The first-order valence-electron chi connectivity index (χ1n) is 3.71. The molecule has 0 spiro atoms. The van der Waals surface area contributed by atoms with E-state index in [1.165, 1.54) is 13.8 Å². The topological polar surface area (TPSA) is 34.1 Å². The molecule has 0 radical (unpaired) electrons. The number of allylic oxidation sites excluding steroid dienone is 2. The van der Waals surface area contributed by atoms with Crippen LogP contribution in [-0.4, -0.2) is 11.6 Å². The molecule has 2 heteroatoms. The monoisotopic (exact) mass is 154 g/mol. The minimum atomic E-state index is -0.425. The standard InChI is InChI=1S/C9H14O2/c1-4-5-6-9(7(2)10)8(3)11/h4-5,9H,6H2,1-3H3/b5-4+. The molecule has 0 aromatic rings. The third kappa shape index (κ3) is 3.71. The van der Waals surface area contributed by atoms with Gasteiger partial charge in [-0.1, -0.05) is 12.2 Å². The van der Waals surface area contributed by atoms with Crippen LogP contribution in [0.15, 0.2) is 12.2 Å². The maximum absolute atomic E-state index is 10.8. The van der Waals surface area contributed by atoms with Crippen LogP contribution in [0.3, 0.4) is 0 Å². The zero-order chi connectivity index (χ0) is 8.85. The summed E-state index contributed by atoms with van der Waals surface area (Å²) in [5.41, 5.74) is 0. The lowest BCUT2D eigenvalue weighted by Crippen LogP contribution is -2.18. The van der Waals surface area contributed by atoms with E-state index in [2.05, 4.69) is 0 Å². The molecule has 0 heterocycles. The summed E-state index contributed by atoms with van der Waals surface area (Å²) in [7, 11) is 0. The van der Waals surface area contributed by atoms with E-state index in [9.17, 15) is 9.59 Å². The van der Waals surface area contributed by atoms with Crippen molar-refractivity contribution < 1.29 is 9.59 Å². The molecule has 0 unspecified atom stereocenters. The lowest BCUT2D eigenvalue weighted by atomic mass is 9.97. The van der Waals surface area contributed by atoms with Crippen LogP contribution >= 0.6 is 0 Å². The maximum atomic E-state index is 10.8. The van der Waals surface area contributed by atoms with Crippen LogP contribution in [0.1, 0.15) is 27.2 Å². The molecule has 11 heavy (non-hydrogen) atoms. The molecule has 0 fully saturated rings. The molecule has 0 aliphatic rings. The van der Waals surface area contributed by atoms with Crippen molar-refractivity contribution >= 4 is 11.6 Å². The average Bonchev–Trinajstić information content (AvgIpc) is 1.87. The van der Waals surface area contributed by atoms with Gasteiger partial charge >= 0.3 is 0 Å². The van der Waals surface area contributed by atoms with Crippen molar-refractivity contribution in [1.29, 1.82) is 0 Å². The van der Waals surface area contributed by atoms with Crippen LogP contribution in [0.25, 0.3) is 0 Å². The van der Waals surface area contributed by atoms with E-state index in [0.29, 0.717) is 6.42 Å². The number of hydrogen-bond donors (Lipinski definition) is 0. The molecular weight excluding hydrogens is 140 g/mol. The van der Waals surface area contributed by atoms with Crippen LogP contribution < -0.4 is 0 Å². The SMILES string of the molecule is C/C=C/CC(C(C)=O)C(C)=O. The molecule has 0 saturated carbocycles. The van der Waals surface area contributed by atoms with Crippen LogP contribution in [0.5, 0.6) is 0 Å². The Morgan fingerprint density at radius 3 is 2.00 bits per heavy atom. The van der Waals surface area contributed by atoms with Crippen LogP contribution in [0.2, 0.25) is 0 Å². The van der Waals surface area contributed by atoms with Gasteiger partial charge in [0.15, 0.2) is 0 Å². The highest BCUT2D eigenvalue weighted by atomic mass is 16.1. The zero-order valence-electron chi connectivity index (χ0n) is 7.26. The smallest absolute Gasteiger partial charge is 0.140 e. The molecular formula is C9H14O2. The normalized spacial score (nSPS) is 10.9. The van der Waals surface area contributed by atoms with E-state index in [1.54, 1.807) is 0 Å². The summed E-state index contributed by atoms with van der Waals surface area (Å²) < 4.78 is 0. The van der Waals surface area contributed by atoms with Gasteiger partial charge in [0.1, 0.15) is 11.6 Å². The second-order valence-corrected chi connectivity index (χ2v) is 2.58. The second-order valence-electron chi connectivity index (χ2n) is 2.58. The number of Topliss-reactive ketones (excluding diaryl/α,β-unsaturated/α-hetero) is 2. The Labute approximate surface area is 67.3 Å². The molecule has 0 bridgehead atoms. The lowest BCUT2D eigenvalue weighted by molar-refractivity contribution is -0.130. The van der Waals surface area contributed by atoms with Gasteiger partial charge in [0.25, 0.3) is 0 Å². The number of carbonyl (C=O) groups excluding carboxylic acids is 2. The van der Waals surface area contributed by atoms with E-state index in [-0.39, 0.29) is 11.6 Å². The highest BCUT2D eigenvalue weighted by molar-refractivity contribution is 6.00. The van der Waals surface area contributed by atoms with E-state index in [0.717, 1.165) is 0 Å². The number of rotatable bonds is 4. The van der Waals surface area contributed by atoms with Crippen molar-refractivity contribution in [1.82, 2.24) is 0 Å². The molecule has 0 atom stereocenters. The number of hydrogen-bond acceptors (Lipinski definition) is 2. The lowest BCUT2D eigenvalue weighted by Gasteiger charge is -2.05. The molecule has 62 valence electrons. The third-order valence-electron chi connectivity index (χ3n) is 1.59. The Kier molecular flexibility index (Phi) is 4.42. The fraction of sp³-hybridized carbons (Fsp3) is 0.556. The predicted molar refractivity (Wildman–Crippen MR) is 44.3 cm³/mol. The van der Waals surface area contributed by atoms with Crippen molar-refractivity contribution in [3.8, 4) is 0 Å². The minimum Gasteiger partial charge on any atom is -0.299 e. The first kappa shape index (κ1) is 10.1. The molecule has 0 amide bonds. The Morgan fingerprint density at radius 1 is 1.27 bits per heavy atom. The van der Waals surface area contributed by atoms with E-state index < -0.39 is 5.92 Å². The molecule has 0 rings (SSSR count). The van der Waals surface area contributed by atoms with Gasteiger partial charge in [-0.3, -0.25) is 9.59 Å². The summed E-state index contributed by atoms with van der Waals surface area (Å²) in [6.07, 6.45) is 4.23. The van der Waals surface area contributed by atoms with Crippen molar-refractivity contribution in [2.45, 2.75) is 27.2 Å². The molecule has 0 aromatic carbocycles. The van der Waals surface area contributed by atoms with Gasteiger partial charge < -0.3 is 0 Å². The highest BCUT2D eigenvalue weighted by Crippen LogP contribution is 2.06. The predicted octanol–water partition coefficient (Wildman–Crippen LogP) is 1.75. The van der Waals surface area contributed by atoms with Gasteiger partial charge in [-0.2, -0.15) is 0 Å². The third-order valence-corrected chi connectivity index (χ3v) is 1.59. The molecule has 0 aliphatic carbocycles. The molecule has 2 nitrogen and oxygen atoms in total. The van der Waals surface area contributed by atoms with E-state index in [1.807, 2.05) is 19.1 Å². The average molecular weight is 154 g/mol. The van der Waals surface area contributed by atoms with Crippen molar-refractivity contribution in [3.63, 3.8) is 0 Å². The first-order valence-corrected chi connectivity index (χ1v) is 3.71. The quantitative estimate of drug-likeness (QED) is 0.456. The maximum Gasteiger partial charge on any atom is 0.140 e. The Bertz CT molecular complexity index is 166. The minimum absolute atomic E-state index is 0.0457. The molecule has 0 aliphatic heterocycles. The molecule has 0 aromatic heterocycles. The van der Waals surface area contributed by atoms with Crippen molar-refractivity contribution in [2.24, 2.45) is 5.92 Å². The van der Waals surface area contributed by atoms with Crippen molar-refractivity contribution in [3.05, 3.63) is 12.2 Å². The Hall–Kier alpha value is -0.920. The molecule has 0 N–H and O–H groups in total. The largest absolute Gasteiger partial charge is 0.299 e. The number of carbonyl (C=O) groups is 2. The Balaban J connectivity index is 4.12. The molecule has 0 saturated heterocycles. The van der Waals surface area contributed by atoms with Gasteiger partial charge in [0, 0.05) is 0 Å². The fourth-order valence-corrected chi connectivity index (χ4v) is 0.890. The van der Waals surface area contributed by atoms with E-state index >= 15 is 0 Å². The summed E-state index contributed by atoms with van der Waals surface area (Å²) in [5.74, 6) is -0.516. The zero-order valence-corrected chi connectivity index (χ0v) is 7.26. The Morgan fingerprint density at radius 2 is 1.73 bits per heavy atom. The van der Waals surface area contributed by atoms with Crippen LogP contribution in [0.4, 0.5) is 0 Å². The van der Waals surface area contributed by atoms with E-state index in [4.69, 9.17) is 0 Å². The van der Waals surface area contributed by atoms with Gasteiger partial charge in [-0.25, -0.2) is 0 Å². The van der Waals surface area contributed by atoms with Gasteiger partial charge in [0.05, 0.1) is 5.92 Å². The van der Waals surface area contributed by atoms with Crippen molar-refractivity contribution in [2.75, 3.05) is 0 Å². The van der Waals surface area contributed by atoms with Crippen LogP contribution in [0, 0.1) is 5.92 Å². The second kappa shape index (κ2) is 4.83. The van der Waals surface area contributed by atoms with Gasteiger partial charge in [-0.05, 0) is 27.2 Å². The highest BCUT2D eigenvalue weighted by Gasteiger charge is 2.16. The number of ketones is 2. The first-order chi connectivity index (χ1) is 5.09. The summed E-state index contributed by atoms with van der Waals surface area (Å²) in [6, 6.07) is 0. The van der Waals surface area contributed by atoms with Gasteiger partial charge in [0.2, 0.25) is 0 Å². The summed E-state index contributed by atoms with van der Waals surface area (Å²) >= 11 is 0.